The third-order valence-electron chi connectivity index (χ3n) is 1.64. The minimum absolute atomic E-state index is 0.261. The van der Waals surface area contributed by atoms with Gasteiger partial charge in [0.1, 0.15) is 5.84 Å². The smallest absolute Gasteiger partial charge is 0.319 e. The molecule has 6 nitrogen and oxygen atoms in total. The molecule has 14 heavy (non-hydrogen) atoms. The lowest BCUT2D eigenvalue weighted by Crippen LogP contribution is -2.43. The Hall–Kier alpha value is -1.72. The molecule has 0 spiro atoms. The van der Waals surface area contributed by atoms with Crippen molar-refractivity contribution < 1.29 is 4.79 Å². The predicted octanol–water partition coefficient (Wildman–Crippen LogP) is 0.249. The van der Waals surface area contributed by atoms with Gasteiger partial charge in [-0.1, -0.05) is 0 Å². The monoisotopic (exact) mass is 197 g/mol. The lowest BCUT2D eigenvalue weighted by molar-refractivity contribution is 0.247. The van der Waals surface area contributed by atoms with Gasteiger partial charge in [0.25, 0.3) is 0 Å². The lowest BCUT2D eigenvalue weighted by atomic mass is 10.1. The molecule has 0 aromatic carbocycles. The molecular weight excluding hydrogens is 182 g/mol. The number of hydrogen-bond donors (Lipinski definition) is 4. The van der Waals surface area contributed by atoms with Crippen LogP contribution in [0.4, 0.5) is 4.79 Å². The molecular formula is C8H15N5O. The highest BCUT2D eigenvalue weighted by Crippen LogP contribution is 1.96. The van der Waals surface area contributed by atoms with Crippen LogP contribution < -0.4 is 10.6 Å². The summed E-state index contributed by atoms with van der Waals surface area (Å²) in [5.41, 5.74) is 0.261. The molecule has 0 heterocycles. The van der Waals surface area contributed by atoms with Crippen LogP contribution in [0.15, 0.2) is 4.99 Å². The Morgan fingerprint density at radius 1 is 1.57 bits per heavy atom. The number of carbonyl (C=O) groups is 1. The zero-order valence-corrected chi connectivity index (χ0v) is 8.51. The highest BCUT2D eigenvalue weighted by Gasteiger charge is 2.16. The summed E-state index contributed by atoms with van der Waals surface area (Å²) in [5.74, 6) is -0.260. The molecule has 2 amide bonds. The summed E-state index contributed by atoms with van der Waals surface area (Å²) in [4.78, 5) is 14.8. The van der Waals surface area contributed by atoms with E-state index in [1.165, 1.54) is 14.1 Å². The SMILES string of the molecule is CN=C(NC(=O)NC)C(C=N)C(C)=N. The fraction of sp³-hybridized carbons (Fsp3) is 0.500. The summed E-state index contributed by atoms with van der Waals surface area (Å²) in [6.45, 7) is 1.56. The van der Waals surface area contributed by atoms with Gasteiger partial charge < -0.3 is 16.1 Å². The Balaban J connectivity index is 4.63. The van der Waals surface area contributed by atoms with Crippen molar-refractivity contribution in [2.24, 2.45) is 10.9 Å². The molecule has 0 aliphatic rings. The zero-order chi connectivity index (χ0) is 11.1. The molecule has 4 N–H and O–H groups in total. The molecule has 6 heteroatoms. The van der Waals surface area contributed by atoms with Crippen molar-refractivity contribution in [1.29, 1.82) is 10.8 Å². The lowest BCUT2D eigenvalue weighted by Gasteiger charge is -2.13. The molecule has 78 valence electrons. The van der Waals surface area contributed by atoms with Crippen LogP contribution in [0.1, 0.15) is 6.92 Å². The molecule has 0 aromatic heterocycles. The van der Waals surface area contributed by atoms with E-state index in [9.17, 15) is 4.79 Å². The van der Waals surface area contributed by atoms with Crippen LogP contribution in [-0.4, -0.2) is 37.9 Å². The molecule has 0 fully saturated rings. The van der Waals surface area contributed by atoms with Gasteiger partial charge in [-0.15, -0.1) is 0 Å². The number of urea groups is 1. The number of nitrogens with one attached hydrogen (secondary N) is 4. The molecule has 0 radical (unpaired) electrons. The summed E-state index contributed by atoms with van der Waals surface area (Å²) >= 11 is 0. The second kappa shape index (κ2) is 5.85. The van der Waals surface area contributed by atoms with Gasteiger partial charge in [-0.3, -0.25) is 10.3 Å². The van der Waals surface area contributed by atoms with E-state index >= 15 is 0 Å². The molecule has 0 saturated carbocycles. The number of hydrogen-bond acceptors (Lipinski definition) is 4. The summed E-state index contributed by atoms with van der Waals surface area (Å²) < 4.78 is 0. The van der Waals surface area contributed by atoms with Gasteiger partial charge in [0.15, 0.2) is 0 Å². The van der Waals surface area contributed by atoms with Crippen molar-refractivity contribution in [2.75, 3.05) is 14.1 Å². The van der Waals surface area contributed by atoms with Gasteiger partial charge in [0.2, 0.25) is 0 Å². The first-order valence-corrected chi connectivity index (χ1v) is 4.07. The van der Waals surface area contributed by atoms with Gasteiger partial charge in [0, 0.05) is 26.0 Å². The number of rotatable bonds is 3. The first-order chi connectivity index (χ1) is 6.56. The summed E-state index contributed by atoms with van der Waals surface area (Å²) in [7, 11) is 2.99. The Kier molecular flexibility index (Phi) is 5.13. The second-order valence-corrected chi connectivity index (χ2v) is 2.64. The summed E-state index contributed by atoms with van der Waals surface area (Å²) in [6, 6.07) is -0.404. The van der Waals surface area contributed by atoms with Gasteiger partial charge in [-0.05, 0) is 6.92 Å². The Morgan fingerprint density at radius 2 is 2.14 bits per heavy atom. The first kappa shape index (κ1) is 12.3. The molecule has 1 unspecified atom stereocenters. The average Bonchev–Trinajstić information content (AvgIpc) is 2.16. The van der Waals surface area contributed by atoms with E-state index in [0.717, 1.165) is 6.21 Å². The maximum Gasteiger partial charge on any atom is 0.319 e. The van der Waals surface area contributed by atoms with Crippen LogP contribution in [0.2, 0.25) is 0 Å². The van der Waals surface area contributed by atoms with E-state index < -0.39 is 11.9 Å². The molecule has 0 aliphatic carbocycles. The number of nitrogens with zero attached hydrogens (tertiary/aromatic N) is 1. The third kappa shape index (κ3) is 3.34. The normalized spacial score (nSPS) is 12.9. The predicted molar refractivity (Wildman–Crippen MR) is 56.6 cm³/mol. The second-order valence-electron chi connectivity index (χ2n) is 2.64. The molecule has 0 bridgehead atoms. The minimum Gasteiger partial charge on any atom is -0.341 e. The molecule has 0 saturated heterocycles. The van der Waals surface area contributed by atoms with Gasteiger partial charge in [-0.2, -0.15) is 0 Å². The fourth-order valence-electron chi connectivity index (χ4n) is 0.861. The summed E-state index contributed by atoms with van der Waals surface area (Å²) in [5, 5.41) is 19.3. The average molecular weight is 197 g/mol. The largest absolute Gasteiger partial charge is 0.341 e. The van der Waals surface area contributed by atoms with Crippen molar-refractivity contribution in [2.45, 2.75) is 6.92 Å². The highest BCUT2D eigenvalue weighted by atomic mass is 16.2. The number of aliphatic imine (C=N–C) groups is 1. The number of amidine groups is 1. The van der Waals surface area contributed by atoms with Crippen molar-refractivity contribution >= 4 is 23.8 Å². The van der Waals surface area contributed by atoms with Crippen molar-refractivity contribution in [3.05, 3.63) is 0 Å². The van der Waals surface area contributed by atoms with Crippen LogP contribution in [-0.2, 0) is 0 Å². The fourth-order valence-corrected chi connectivity index (χ4v) is 0.861. The molecule has 0 rings (SSSR count). The van der Waals surface area contributed by atoms with Crippen molar-refractivity contribution in [3.63, 3.8) is 0 Å². The Bertz CT molecular complexity index is 271. The van der Waals surface area contributed by atoms with Gasteiger partial charge in [-0.25, -0.2) is 4.79 Å². The van der Waals surface area contributed by atoms with E-state index in [1.54, 1.807) is 6.92 Å². The minimum atomic E-state index is -0.558. The summed E-state index contributed by atoms with van der Waals surface area (Å²) in [6.07, 6.45) is 1.07. The van der Waals surface area contributed by atoms with Crippen LogP contribution in [0.5, 0.6) is 0 Å². The molecule has 0 aromatic rings. The van der Waals surface area contributed by atoms with Crippen LogP contribution in [0.3, 0.4) is 0 Å². The van der Waals surface area contributed by atoms with Crippen LogP contribution in [0.25, 0.3) is 0 Å². The van der Waals surface area contributed by atoms with Gasteiger partial charge >= 0.3 is 6.03 Å². The van der Waals surface area contributed by atoms with E-state index in [4.69, 9.17) is 10.8 Å². The molecule has 0 aliphatic heterocycles. The van der Waals surface area contributed by atoms with E-state index in [0.29, 0.717) is 5.84 Å². The zero-order valence-electron chi connectivity index (χ0n) is 8.51. The van der Waals surface area contributed by atoms with E-state index in [2.05, 4.69) is 15.6 Å². The van der Waals surface area contributed by atoms with Gasteiger partial charge in [0.05, 0.1) is 5.92 Å². The molecule has 1 atom stereocenters. The topological polar surface area (TPSA) is 101 Å². The third-order valence-corrected chi connectivity index (χ3v) is 1.64. The quantitative estimate of drug-likeness (QED) is 0.378. The van der Waals surface area contributed by atoms with Crippen LogP contribution in [0, 0.1) is 16.7 Å². The number of amides is 2. The van der Waals surface area contributed by atoms with Crippen molar-refractivity contribution in [1.82, 2.24) is 10.6 Å². The Labute approximate surface area is 82.8 Å². The van der Waals surface area contributed by atoms with E-state index in [-0.39, 0.29) is 5.71 Å². The standard InChI is InChI=1S/C8H15N5O/c1-5(10)6(4-9)7(11-2)13-8(14)12-3/h4,6,9-10H,1-3H3,(H2,11,12,13,14). The first-order valence-electron chi connectivity index (χ1n) is 4.07. The Morgan fingerprint density at radius 3 is 2.43 bits per heavy atom. The van der Waals surface area contributed by atoms with Crippen molar-refractivity contribution in [3.8, 4) is 0 Å². The maximum atomic E-state index is 11.0. The maximum absolute atomic E-state index is 11.0. The van der Waals surface area contributed by atoms with Crippen LogP contribution >= 0.6 is 0 Å². The van der Waals surface area contributed by atoms with E-state index in [1.807, 2.05) is 0 Å². The highest BCUT2D eigenvalue weighted by molar-refractivity contribution is 6.18. The number of carbonyl (C=O) groups excluding carboxylic acids is 1.